The molecule has 1 aromatic carbocycles. The van der Waals surface area contributed by atoms with Gasteiger partial charge < -0.3 is 5.11 Å². The van der Waals surface area contributed by atoms with Crippen molar-refractivity contribution in [2.75, 3.05) is 5.75 Å². The highest BCUT2D eigenvalue weighted by Gasteiger charge is 2.26. The highest BCUT2D eigenvalue weighted by molar-refractivity contribution is 7.91. The van der Waals surface area contributed by atoms with Crippen LogP contribution in [0.2, 0.25) is 0 Å². The number of benzene rings is 1. The Morgan fingerprint density at radius 3 is 2.48 bits per heavy atom. The van der Waals surface area contributed by atoms with E-state index < -0.39 is 37.9 Å². The van der Waals surface area contributed by atoms with Crippen molar-refractivity contribution in [1.82, 2.24) is 0 Å². The van der Waals surface area contributed by atoms with Crippen molar-refractivity contribution in [3.05, 3.63) is 42.0 Å². The second-order valence-corrected chi connectivity index (χ2v) is 6.57. The third-order valence-electron chi connectivity index (χ3n) is 2.93. The molecule has 0 heterocycles. The largest absolute Gasteiger partial charge is 0.477 e. The Morgan fingerprint density at radius 2 is 1.90 bits per heavy atom. The lowest BCUT2D eigenvalue weighted by Gasteiger charge is -2.08. The van der Waals surface area contributed by atoms with Gasteiger partial charge >= 0.3 is 5.97 Å². The van der Waals surface area contributed by atoms with Gasteiger partial charge in [-0.15, -0.1) is 6.58 Å². The van der Waals surface area contributed by atoms with Crippen molar-refractivity contribution < 1.29 is 27.1 Å². The topological polar surface area (TPSA) is 71.4 Å². The SMILES string of the molecule is C=CCCCCCS(=O)(=O)c1ccc(F)c(C(=O)O)c1F. The molecule has 1 aromatic rings. The number of hydrogen-bond acceptors (Lipinski definition) is 3. The van der Waals surface area contributed by atoms with E-state index in [0.717, 1.165) is 18.9 Å². The Balaban J connectivity index is 2.96. The average molecular weight is 318 g/mol. The summed E-state index contributed by atoms with van der Waals surface area (Å²) >= 11 is 0. The summed E-state index contributed by atoms with van der Waals surface area (Å²) in [6.07, 6.45) is 4.18. The maximum atomic E-state index is 13.9. The fourth-order valence-electron chi connectivity index (χ4n) is 1.84. The minimum absolute atomic E-state index is 0.314. The first kappa shape index (κ1) is 17.3. The summed E-state index contributed by atoms with van der Waals surface area (Å²) in [5, 5.41) is 8.73. The molecular weight excluding hydrogens is 302 g/mol. The first-order valence-corrected chi connectivity index (χ1v) is 8.01. The maximum absolute atomic E-state index is 13.9. The van der Waals surface area contributed by atoms with Gasteiger partial charge in [-0.3, -0.25) is 0 Å². The van der Waals surface area contributed by atoms with Crippen molar-refractivity contribution in [1.29, 1.82) is 0 Å². The van der Waals surface area contributed by atoms with E-state index in [1.54, 1.807) is 6.08 Å². The van der Waals surface area contributed by atoms with Crippen LogP contribution in [0.25, 0.3) is 0 Å². The fraction of sp³-hybridized carbons (Fsp3) is 0.357. The molecule has 1 rings (SSSR count). The molecule has 0 unspecified atom stereocenters. The Kier molecular flexibility index (Phi) is 6.02. The van der Waals surface area contributed by atoms with E-state index in [1.807, 2.05) is 0 Å². The van der Waals surface area contributed by atoms with Crippen LogP contribution in [0.5, 0.6) is 0 Å². The van der Waals surface area contributed by atoms with Crippen LogP contribution in [0.3, 0.4) is 0 Å². The van der Waals surface area contributed by atoms with Crippen LogP contribution >= 0.6 is 0 Å². The number of allylic oxidation sites excluding steroid dienone is 1. The summed E-state index contributed by atoms with van der Waals surface area (Å²) in [5.41, 5.74) is -1.25. The Morgan fingerprint density at radius 1 is 1.24 bits per heavy atom. The molecule has 4 nitrogen and oxygen atoms in total. The number of halogens is 2. The summed E-state index contributed by atoms with van der Waals surface area (Å²) < 4.78 is 51.1. The second kappa shape index (κ2) is 7.31. The molecule has 0 amide bonds. The third-order valence-corrected chi connectivity index (χ3v) is 4.74. The van der Waals surface area contributed by atoms with Crippen LogP contribution in [-0.2, 0) is 9.84 Å². The number of carbonyl (C=O) groups is 1. The molecule has 0 fully saturated rings. The van der Waals surface area contributed by atoms with Gasteiger partial charge in [-0.05, 0) is 31.4 Å². The normalized spacial score (nSPS) is 11.3. The highest BCUT2D eigenvalue weighted by atomic mass is 32.2. The number of carboxylic acids is 1. The van der Waals surface area contributed by atoms with Gasteiger partial charge in [-0.1, -0.05) is 12.5 Å². The second-order valence-electron chi connectivity index (χ2n) is 4.50. The predicted molar refractivity (Wildman–Crippen MR) is 74.0 cm³/mol. The minimum Gasteiger partial charge on any atom is -0.477 e. The summed E-state index contributed by atoms with van der Waals surface area (Å²) in [6, 6.07) is 1.41. The van der Waals surface area contributed by atoms with Crippen LogP contribution in [0.1, 0.15) is 36.0 Å². The van der Waals surface area contributed by atoms with Crippen molar-refractivity contribution in [2.24, 2.45) is 0 Å². The van der Waals surface area contributed by atoms with E-state index in [9.17, 15) is 22.0 Å². The zero-order valence-electron chi connectivity index (χ0n) is 11.3. The molecule has 7 heteroatoms. The minimum atomic E-state index is -3.98. The Bertz CT molecular complexity index is 639. The number of sulfone groups is 1. The van der Waals surface area contributed by atoms with Crippen LogP contribution < -0.4 is 0 Å². The van der Waals surface area contributed by atoms with Crippen LogP contribution in [0.4, 0.5) is 8.78 Å². The van der Waals surface area contributed by atoms with Gasteiger partial charge in [0, 0.05) is 0 Å². The number of aromatic carboxylic acids is 1. The van der Waals surface area contributed by atoms with E-state index >= 15 is 0 Å². The lowest BCUT2D eigenvalue weighted by Crippen LogP contribution is -2.13. The van der Waals surface area contributed by atoms with E-state index in [2.05, 4.69) is 6.58 Å². The van der Waals surface area contributed by atoms with E-state index in [1.165, 1.54) is 0 Å². The Hall–Kier alpha value is -1.76. The summed E-state index contributed by atoms with van der Waals surface area (Å²) in [6.45, 7) is 3.54. The van der Waals surface area contributed by atoms with E-state index in [-0.39, 0.29) is 5.75 Å². The van der Waals surface area contributed by atoms with Crippen molar-refractivity contribution >= 4 is 15.8 Å². The zero-order chi connectivity index (χ0) is 16.0. The third kappa shape index (κ3) is 4.35. The molecule has 0 aliphatic rings. The van der Waals surface area contributed by atoms with Crippen LogP contribution in [0.15, 0.2) is 29.7 Å². The van der Waals surface area contributed by atoms with Gasteiger partial charge in [-0.25, -0.2) is 22.0 Å². The number of unbranched alkanes of at least 4 members (excludes halogenated alkanes) is 3. The van der Waals surface area contributed by atoms with Crippen molar-refractivity contribution in [3.8, 4) is 0 Å². The molecule has 0 saturated carbocycles. The molecule has 0 radical (unpaired) electrons. The monoisotopic (exact) mass is 318 g/mol. The van der Waals surface area contributed by atoms with Crippen molar-refractivity contribution in [2.45, 2.75) is 30.6 Å². The predicted octanol–water partition coefficient (Wildman–Crippen LogP) is 3.18. The first-order valence-electron chi connectivity index (χ1n) is 6.36. The standard InChI is InChI=1S/C14H16F2O4S/c1-2-3-4-5-6-9-21(19,20)11-8-7-10(15)12(13(11)16)14(17)18/h2,7-8H,1,3-6,9H2,(H,17,18). The van der Waals surface area contributed by atoms with Gasteiger partial charge in [0.05, 0.1) is 5.75 Å². The number of rotatable bonds is 8. The molecule has 21 heavy (non-hydrogen) atoms. The molecule has 1 N–H and O–H groups in total. The molecule has 0 bridgehead atoms. The molecule has 0 aliphatic carbocycles. The van der Waals surface area contributed by atoms with Crippen molar-refractivity contribution in [3.63, 3.8) is 0 Å². The molecule has 0 atom stereocenters. The van der Waals surface area contributed by atoms with Crippen LogP contribution in [0, 0.1) is 11.6 Å². The fourth-order valence-corrected chi connectivity index (χ4v) is 3.29. The summed E-state index contributed by atoms with van der Waals surface area (Å²) in [5.74, 6) is -5.00. The molecule has 0 saturated heterocycles. The van der Waals surface area contributed by atoms with Gasteiger partial charge in [0.25, 0.3) is 0 Å². The first-order chi connectivity index (χ1) is 9.81. The summed E-state index contributed by atoms with van der Waals surface area (Å²) in [4.78, 5) is 10.00. The molecule has 0 aromatic heterocycles. The lowest BCUT2D eigenvalue weighted by molar-refractivity contribution is 0.0685. The zero-order valence-corrected chi connectivity index (χ0v) is 12.1. The number of hydrogen-bond donors (Lipinski definition) is 1. The Labute approximate surface area is 122 Å². The van der Waals surface area contributed by atoms with Gasteiger partial charge in [0.2, 0.25) is 0 Å². The summed E-state index contributed by atoms with van der Waals surface area (Å²) in [7, 11) is -3.98. The molecule has 0 spiro atoms. The number of carboxylic acid groups (broad SMARTS) is 1. The lowest BCUT2D eigenvalue weighted by atomic mass is 10.2. The van der Waals surface area contributed by atoms with Gasteiger partial charge in [0.1, 0.15) is 16.3 Å². The maximum Gasteiger partial charge on any atom is 0.341 e. The molecular formula is C14H16F2O4S. The van der Waals surface area contributed by atoms with E-state index in [4.69, 9.17) is 5.11 Å². The molecule has 116 valence electrons. The smallest absolute Gasteiger partial charge is 0.341 e. The quantitative estimate of drug-likeness (QED) is 0.454. The van der Waals surface area contributed by atoms with Gasteiger partial charge in [-0.2, -0.15) is 0 Å². The highest BCUT2D eigenvalue weighted by Crippen LogP contribution is 2.23. The average Bonchev–Trinajstić information content (AvgIpc) is 2.37. The van der Waals surface area contributed by atoms with Crippen LogP contribution in [-0.4, -0.2) is 25.2 Å². The van der Waals surface area contributed by atoms with E-state index in [0.29, 0.717) is 18.9 Å². The molecule has 0 aliphatic heterocycles. The van der Waals surface area contributed by atoms with Gasteiger partial charge in [0.15, 0.2) is 15.7 Å².